The molecule has 2 heterocycles. The molecule has 0 amide bonds. The second-order valence-electron chi connectivity index (χ2n) is 5.29. The van der Waals surface area contributed by atoms with Gasteiger partial charge in [0.2, 0.25) is 5.95 Å². The van der Waals surface area contributed by atoms with Gasteiger partial charge in [-0.15, -0.1) is 0 Å². The fraction of sp³-hybridized carbons (Fsp3) is 0.786. The van der Waals surface area contributed by atoms with E-state index in [0.29, 0.717) is 12.6 Å². The van der Waals surface area contributed by atoms with E-state index in [1.54, 1.807) is 7.11 Å². The zero-order valence-corrected chi connectivity index (χ0v) is 12.8. The summed E-state index contributed by atoms with van der Waals surface area (Å²) in [6, 6.07) is 0.388. The van der Waals surface area contributed by atoms with Gasteiger partial charge in [-0.2, -0.15) is 0 Å². The van der Waals surface area contributed by atoms with Crippen molar-refractivity contribution in [1.29, 1.82) is 0 Å². The monoisotopic (exact) mass is 282 g/mol. The summed E-state index contributed by atoms with van der Waals surface area (Å²) in [5, 5.41) is 3.34. The number of ether oxygens (including phenoxy) is 2. The molecule has 2 rings (SSSR count). The first-order chi connectivity index (χ1) is 9.70. The van der Waals surface area contributed by atoms with Gasteiger partial charge in [0.05, 0.1) is 25.5 Å². The number of anilines is 1. The SMILES string of the molecule is COCCNc1nc(C)cn1C(C)CN1CCOCC1. The number of aryl methyl sites for hydroxylation is 1. The first-order valence-electron chi connectivity index (χ1n) is 7.29. The summed E-state index contributed by atoms with van der Waals surface area (Å²) >= 11 is 0. The van der Waals surface area contributed by atoms with Crippen molar-refractivity contribution >= 4 is 5.95 Å². The van der Waals surface area contributed by atoms with E-state index in [-0.39, 0.29) is 0 Å². The molecule has 0 saturated carbocycles. The molecule has 1 aliphatic heterocycles. The van der Waals surface area contributed by atoms with E-state index < -0.39 is 0 Å². The molecular formula is C14H26N4O2. The van der Waals surface area contributed by atoms with Crippen LogP contribution in [-0.4, -0.2) is 67.6 Å². The lowest BCUT2D eigenvalue weighted by Crippen LogP contribution is -2.39. The van der Waals surface area contributed by atoms with E-state index in [4.69, 9.17) is 9.47 Å². The fourth-order valence-corrected chi connectivity index (χ4v) is 2.49. The number of hydrogen-bond donors (Lipinski definition) is 1. The topological polar surface area (TPSA) is 51.5 Å². The van der Waals surface area contributed by atoms with Crippen LogP contribution in [0.15, 0.2) is 6.20 Å². The van der Waals surface area contributed by atoms with Crippen LogP contribution in [-0.2, 0) is 9.47 Å². The maximum absolute atomic E-state index is 5.39. The summed E-state index contributed by atoms with van der Waals surface area (Å²) < 4.78 is 12.7. The minimum Gasteiger partial charge on any atom is -0.383 e. The minimum atomic E-state index is 0.388. The van der Waals surface area contributed by atoms with Crippen molar-refractivity contribution in [2.75, 3.05) is 58.4 Å². The van der Waals surface area contributed by atoms with Crippen molar-refractivity contribution in [3.8, 4) is 0 Å². The first kappa shape index (κ1) is 15.3. The van der Waals surface area contributed by atoms with E-state index in [1.165, 1.54) is 0 Å². The van der Waals surface area contributed by atoms with E-state index in [1.807, 2.05) is 6.92 Å². The standard InChI is InChI=1S/C14H26N4O2/c1-12-10-18(14(16-12)15-4-7-19-3)13(2)11-17-5-8-20-9-6-17/h10,13H,4-9,11H2,1-3H3,(H,15,16). The number of methoxy groups -OCH3 is 1. The quantitative estimate of drug-likeness (QED) is 0.760. The molecule has 1 fully saturated rings. The Balaban J connectivity index is 1.94. The Bertz CT molecular complexity index is 402. The average Bonchev–Trinajstić information content (AvgIpc) is 2.81. The molecule has 1 saturated heterocycles. The molecule has 1 aliphatic rings. The van der Waals surface area contributed by atoms with Crippen molar-refractivity contribution in [2.45, 2.75) is 19.9 Å². The smallest absolute Gasteiger partial charge is 0.203 e. The van der Waals surface area contributed by atoms with Gasteiger partial charge in [0.15, 0.2) is 0 Å². The molecule has 1 aromatic rings. The van der Waals surface area contributed by atoms with Gasteiger partial charge in [0, 0.05) is 45.5 Å². The number of nitrogens with zero attached hydrogens (tertiary/aromatic N) is 3. The van der Waals surface area contributed by atoms with Crippen LogP contribution in [0.1, 0.15) is 18.7 Å². The number of aromatic nitrogens is 2. The predicted octanol–water partition coefficient (Wildman–Crippen LogP) is 1.14. The molecular weight excluding hydrogens is 256 g/mol. The number of imidazole rings is 1. The van der Waals surface area contributed by atoms with Gasteiger partial charge in [-0.3, -0.25) is 4.90 Å². The third kappa shape index (κ3) is 4.19. The third-order valence-electron chi connectivity index (χ3n) is 3.54. The third-order valence-corrected chi connectivity index (χ3v) is 3.54. The minimum absolute atomic E-state index is 0.388. The molecule has 1 aromatic heterocycles. The summed E-state index contributed by atoms with van der Waals surface area (Å²) in [7, 11) is 1.71. The van der Waals surface area contributed by atoms with Crippen molar-refractivity contribution < 1.29 is 9.47 Å². The predicted molar refractivity (Wildman–Crippen MR) is 79.3 cm³/mol. The van der Waals surface area contributed by atoms with Crippen molar-refractivity contribution in [2.24, 2.45) is 0 Å². The maximum atomic E-state index is 5.39. The Morgan fingerprint density at radius 1 is 1.45 bits per heavy atom. The zero-order chi connectivity index (χ0) is 14.4. The zero-order valence-electron chi connectivity index (χ0n) is 12.8. The molecule has 0 aliphatic carbocycles. The van der Waals surface area contributed by atoms with Gasteiger partial charge in [-0.25, -0.2) is 4.98 Å². The van der Waals surface area contributed by atoms with Crippen LogP contribution in [0.4, 0.5) is 5.95 Å². The highest BCUT2D eigenvalue weighted by Gasteiger charge is 2.17. The van der Waals surface area contributed by atoms with Gasteiger partial charge in [0.1, 0.15) is 0 Å². The highest BCUT2D eigenvalue weighted by atomic mass is 16.5. The molecule has 0 radical (unpaired) electrons. The molecule has 1 atom stereocenters. The lowest BCUT2D eigenvalue weighted by molar-refractivity contribution is 0.0326. The molecule has 1 N–H and O–H groups in total. The summed E-state index contributed by atoms with van der Waals surface area (Å²) in [4.78, 5) is 7.00. The summed E-state index contributed by atoms with van der Waals surface area (Å²) in [6.07, 6.45) is 2.11. The first-order valence-corrected chi connectivity index (χ1v) is 7.29. The summed E-state index contributed by atoms with van der Waals surface area (Å²) in [5.74, 6) is 0.931. The summed E-state index contributed by atoms with van der Waals surface area (Å²) in [5.41, 5.74) is 1.04. The van der Waals surface area contributed by atoms with Crippen LogP contribution in [0.25, 0.3) is 0 Å². The molecule has 1 unspecified atom stereocenters. The molecule has 0 spiro atoms. The Labute approximate surface area is 121 Å². The van der Waals surface area contributed by atoms with E-state index in [0.717, 1.165) is 51.0 Å². The number of morpholine rings is 1. The van der Waals surface area contributed by atoms with Crippen LogP contribution < -0.4 is 5.32 Å². The van der Waals surface area contributed by atoms with Crippen LogP contribution in [0.2, 0.25) is 0 Å². The van der Waals surface area contributed by atoms with Crippen LogP contribution in [0.3, 0.4) is 0 Å². The average molecular weight is 282 g/mol. The van der Waals surface area contributed by atoms with Gasteiger partial charge in [-0.05, 0) is 13.8 Å². The van der Waals surface area contributed by atoms with Gasteiger partial charge in [0.25, 0.3) is 0 Å². The van der Waals surface area contributed by atoms with Crippen LogP contribution in [0.5, 0.6) is 0 Å². The Morgan fingerprint density at radius 3 is 2.90 bits per heavy atom. The lowest BCUT2D eigenvalue weighted by atomic mass is 10.3. The Hall–Kier alpha value is -1.11. The fourth-order valence-electron chi connectivity index (χ4n) is 2.49. The van der Waals surface area contributed by atoms with Crippen LogP contribution >= 0.6 is 0 Å². The van der Waals surface area contributed by atoms with Gasteiger partial charge in [-0.1, -0.05) is 0 Å². The normalized spacial score (nSPS) is 18.1. The second-order valence-corrected chi connectivity index (χ2v) is 5.29. The van der Waals surface area contributed by atoms with Gasteiger partial charge < -0.3 is 19.4 Å². The molecule has 114 valence electrons. The summed E-state index contributed by atoms with van der Waals surface area (Å²) in [6.45, 7) is 10.5. The largest absolute Gasteiger partial charge is 0.383 e. The number of hydrogen-bond acceptors (Lipinski definition) is 5. The van der Waals surface area contributed by atoms with Crippen molar-refractivity contribution in [1.82, 2.24) is 14.5 Å². The maximum Gasteiger partial charge on any atom is 0.203 e. The van der Waals surface area contributed by atoms with Crippen molar-refractivity contribution in [3.63, 3.8) is 0 Å². The molecule has 6 heteroatoms. The lowest BCUT2D eigenvalue weighted by Gasteiger charge is -2.30. The highest BCUT2D eigenvalue weighted by molar-refractivity contribution is 5.29. The van der Waals surface area contributed by atoms with E-state index >= 15 is 0 Å². The number of rotatable bonds is 7. The Morgan fingerprint density at radius 2 is 2.20 bits per heavy atom. The van der Waals surface area contributed by atoms with E-state index in [9.17, 15) is 0 Å². The molecule has 0 bridgehead atoms. The Kier molecular flexibility index (Phi) is 5.82. The van der Waals surface area contributed by atoms with Gasteiger partial charge >= 0.3 is 0 Å². The van der Waals surface area contributed by atoms with Crippen LogP contribution in [0, 0.1) is 6.92 Å². The molecule has 20 heavy (non-hydrogen) atoms. The number of nitrogens with one attached hydrogen (secondary N) is 1. The van der Waals surface area contributed by atoms with E-state index in [2.05, 4.69) is 32.9 Å². The second kappa shape index (κ2) is 7.61. The molecule has 0 aromatic carbocycles. The molecule has 6 nitrogen and oxygen atoms in total. The van der Waals surface area contributed by atoms with Crippen molar-refractivity contribution in [3.05, 3.63) is 11.9 Å². The highest BCUT2D eigenvalue weighted by Crippen LogP contribution is 2.17.